The summed E-state index contributed by atoms with van der Waals surface area (Å²) in [6.07, 6.45) is 9.02. The Morgan fingerprint density at radius 1 is 1.18 bits per heavy atom. The average Bonchev–Trinajstić information content (AvgIpc) is 3.37. The quantitative estimate of drug-likeness (QED) is 0.349. The van der Waals surface area contributed by atoms with Crippen LogP contribution in [-0.4, -0.2) is 57.0 Å². The van der Waals surface area contributed by atoms with Crippen molar-refractivity contribution in [2.45, 2.75) is 65.0 Å². The number of aromatic nitrogens is 3. The van der Waals surface area contributed by atoms with Crippen molar-refractivity contribution in [3.05, 3.63) is 60.0 Å². The second-order valence-corrected chi connectivity index (χ2v) is 10.4. The molecule has 1 saturated heterocycles. The van der Waals surface area contributed by atoms with E-state index >= 15 is 0 Å². The molecule has 3 aromatic rings. The molecule has 9 nitrogen and oxygen atoms in total. The van der Waals surface area contributed by atoms with E-state index in [9.17, 15) is 9.59 Å². The highest BCUT2D eigenvalue weighted by molar-refractivity contribution is 5.77. The smallest absolute Gasteiger partial charge is 0.410 e. The van der Waals surface area contributed by atoms with Gasteiger partial charge in [0.2, 0.25) is 5.88 Å². The van der Waals surface area contributed by atoms with Crippen LogP contribution in [0, 0.1) is 0 Å². The molecule has 0 saturated carbocycles. The molecule has 1 N–H and O–H groups in total. The van der Waals surface area contributed by atoms with Crippen LogP contribution < -0.4 is 10.1 Å². The van der Waals surface area contributed by atoms with Gasteiger partial charge < -0.3 is 19.7 Å². The summed E-state index contributed by atoms with van der Waals surface area (Å²) in [7, 11) is 0. The lowest BCUT2D eigenvalue weighted by Gasteiger charge is -2.29. The number of anilines is 1. The Labute approximate surface area is 223 Å². The van der Waals surface area contributed by atoms with E-state index in [1.807, 2.05) is 45.0 Å². The molecule has 1 amide bonds. The van der Waals surface area contributed by atoms with Gasteiger partial charge in [0.05, 0.1) is 12.2 Å². The highest BCUT2D eigenvalue weighted by atomic mass is 16.6. The number of hydrogen-bond donors (Lipinski definition) is 1. The van der Waals surface area contributed by atoms with Crippen LogP contribution in [0.1, 0.15) is 62.9 Å². The van der Waals surface area contributed by atoms with Crippen LogP contribution >= 0.6 is 0 Å². The molecule has 1 fully saturated rings. The van der Waals surface area contributed by atoms with Crippen molar-refractivity contribution in [3.8, 4) is 23.0 Å². The first-order valence-electron chi connectivity index (χ1n) is 13.0. The molecule has 1 atom stereocenters. The molecule has 38 heavy (non-hydrogen) atoms. The number of nitrogens with one attached hydrogen (secondary N) is 1. The van der Waals surface area contributed by atoms with Crippen LogP contribution in [-0.2, 0) is 11.2 Å². The number of carbonyl (C=O) groups is 2. The zero-order valence-electron chi connectivity index (χ0n) is 22.4. The van der Waals surface area contributed by atoms with Crippen LogP contribution in [0.3, 0.4) is 0 Å². The summed E-state index contributed by atoms with van der Waals surface area (Å²) in [5.41, 5.74) is 2.33. The number of amides is 1. The number of nitrogens with zero attached hydrogens (tertiary/aromatic N) is 4. The SMILES string of the molecule is CCCc1ccc(Oc2nc(-c3cncc(C=O)c3)ncc2NC[C@@H]2CCCN2C(=O)OC(C)(C)C)cc1. The van der Waals surface area contributed by atoms with Gasteiger partial charge >= 0.3 is 6.09 Å². The highest BCUT2D eigenvalue weighted by Gasteiger charge is 2.32. The maximum Gasteiger partial charge on any atom is 0.410 e. The Balaban J connectivity index is 1.57. The molecule has 1 aromatic carbocycles. The van der Waals surface area contributed by atoms with Gasteiger partial charge in [0.25, 0.3) is 0 Å². The lowest BCUT2D eigenvalue weighted by molar-refractivity contribution is 0.0235. The van der Waals surface area contributed by atoms with Gasteiger partial charge in [-0.15, -0.1) is 0 Å². The minimum atomic E-state index is -0.551. The number of hydrogen-bond acceptors (Lipinski definition) is 8. The molecule has 0 unspecified atom stereocenters. The first-order chi connectivity index (χ1) is 18.3. The third-order valence-electron chi connectivity index (χ3n) is 6.12. The Morgan fingerprint density at radius 3 is 2.68 bits per heavy atom. The molecule has 200 valence electrons. The van der Waals surface area contributed by atoms with E-state index < -0.39 is 5.60 Å². The van der Waals surface area contributed by atoms with E-state index in [-0.39, 0.29) is 12.1 Å². The zero-order chi connectivity index (χ0) is 27.1. The molecule has 0 bridgehead atoms. The predicted molar refractivity (Wildman–Crippen MR) is 146 cm³/mol. The van der Waals surface area contributed by atoms with Crippen LogP contribution in [0.25, 0.3) is 11.4 Å². The first-order valence-corrected chi connectivity index (χ1v) is 13.0. The van der Waals surface area contributed by atoms with Crippen LogP contribution in [0.5, 0.6) is 11.6 Å². The number of aryl methyl sites for hydroxylation is 1. The molecule has 4 rings (SSSR count). The lowest BCUT2D eigenvalue weighted by atomic mass is 10.1. The largest absolute Gasteiger partial charge is 0.444 e. The minimum Gasteiger partial charge on any atom is -0.444 e. The van der Waals surface area contributed by atoms with Gasteiger partial charge in [-0.2, -0.15) is 4.98 Å². The van der Waals surface area contributed by atoms with Crippen molar-refractivity contribution in [2.75, 3.05) is 18.4 Å². The maximum atomic E-state index is 12.7. The molecule has 1 aliphatic rings. The van der Waals surface area contributed by atoms with Crippen molar-refractivity contribution in [3.63, 3.8) is 0 Å². The first kappa shape index (κ1) is 27.0. The molecule has 2 aromatic heterocycles. The second kappa shape index (κ2) is 12.0. The Bertz CT molecular complexity index is 1260. The summed E-state index contributed by atoms with van der Waals surface area (Å²) in [6, 6.07) is 9.59. The fourth-order valence-electron chi connectivity index (χ4n) is 4.31. The monoisotopic (exact) mass is 517 g/mol. The number of pyridine rings is 1. The van der Waals surface area contributed by atoms with Crippen molar-refractivity contribution in [1.82, 2.24) is 19.9 Å². The molecular weight excluding hydrogens is 482 g/mol. The van der Waals surface area contributed by atoms with E-state index in [0.29, 0.717) is 47.4 Å². The molecule has 0 spiro atoms. The van der Waals surface area contributed by atoms with Gasteiger partial charge in [-0.3, -0.25) is 9.78 Å². The summed E-state index contributed by atoms with van der Waals surface area (Å²) in [5.74, 6) is 1.38. The normalized spacial score (nSPS) is 15.3. The van der Waals surface area contributed by atoms with E-state index in [1.54, 1.807) is 23.4 Å². The van der Waals surface area contributed by atoms with E-state index in [0.717, 1.165) is 32.0 Å². The van der Waals surface area contributed by atoms with E-state index in [4.69, 9.17) is 9.47 Å². The Hall–Kier alpha value is -4.01. The standard InChI is InChI=1S/C29H35N5O4/c1-5-7-20-9-11-24(12-10-20)37-27-25(18-32-26(33-27)22-14-21(19-35)15-30-16-22)31-17-23-8-6-13-34(23)28(36)38-29(2,3)4/h9-12,14-16,18-19,23,31H,5-8,13,17H2,1-4H3/t23-/m0/s1. The molecule has 0 aliphatic carbocycles. The molecule has 1 aliphatic heterocycles. The number of ether oxygens (including phenoxy) is 2. The number of benzene rings is 1. The third-order valence-corrected chi connectivity index (χ3v) is 6.12. The lowest BCUT2D eigenvalue weighted by Crippen LogP contribution is -2.42. The Morgan fingerprint density at radius 2 is 1.97 bits per heavy atom. The number of aldehydes is 1. The third kappa shape index (κ3) is 7.06. The molecule has 0 radical (unpaired) electrons. The maximum absolute atomic E-state index is 12.7. The van der Waals surface area contributed by atoms with Gasteiger partial charge in [-0.05, 0) is 63.8 Å². The molecular formula is C29H35N5O4. The average molecular weight is 518 g/mol. The van der Waals surface area contributed by atoms with Crippen LogP contribution in [0.2, 0.25) is 0 Å². The summed E-state index contributed by atoms with van der Waals surface area (Å²) >= 11 is 0. The summed E-state index contributed by atoms with van der Waals surface area (Å²) in [6.45, 7) is 8.90. The van der Waals surface area contributed by atoms with Gasteiger partial charge in [0.1, 0.15) is 17.0 Å². The fraction of sp³-hybridized carbons (Fsp3) is 0.414. The summed E-state index contributed by atoms with van der Waals surface area (Å²) in [4.78, 5) is 39.0. The Kier molecular flexibility index (Phi) is 8.55. The molecule has 9 heteroatoms. The zero-order valence-corrected chi connectivity index (χ0v) is 22.4. The number of likely N-dealkylation sites (tertiary alicyclic amines) is 1. The van der Waals surface area contributed by atoms with Crippen molar-refractivity contribution < 1.29 is 19.1 Å². The van der Waals surface area contributed by atoms with E-state index in [2.05, 4.69) is 27.2 Å². The van der Waals surface area contributed by atoms with Crippen molar-refractivity contribution in [2.24, 2.45) is 0 Å². The highest BCUT2D eigenvalue weighted by Crippen LogP contribution is 2.31. The number of rotatable bonds is 9. The second-order valence-electron chi connectivity index (χ2n) is 10.4. The topological polar surface area (TPSA) is 107 Å². The van der Waals surface area contributed by atoms with Crippen molar-refractivity contribution >= 4 is 18.1 Å². The fourth-order valence-corrected chi connectivity index (χ4v) is 4.31. The summed E-state index contributed by atoms with van der Waals surface area (Å²) < 4.78 is 11.8. The van der Waals surface area contributed by atoms with Gasteiger partial charge in [-0.1, -0.05) is 25.5 Å². The number of carbonyl (C=O) groups excluding carboxylic acids is 2. The predicted octanol–water partition coefficient (Wildman–Crippen LogP) is 5.91. The van der Waals surface area contributed by atoms with Gasteiger partial charge in [-0.25, -0.2) is 9.78 Å². The molecule has 3 heterocycles. The van der Waals surface area contributed by atoms with Crippen LogP contribution in [0.15, 0.2) is 48.9 Å². The van der Waals surface area contributed by atoms with Gasteiger partial charge in [0, 0.05) is 36.6 Å². The van der Waals surface area contributed by atoms with Gasteiger partial charge in [0.15, 0.2) is 12.1 Å². The van der Waals surface area contributed by atoms with E-state index in [1.165, 1.54) is 11.8 Å². The minimum absolute atomic E-state index is 0.0285. The van der Waals surface area contributed by atoms with Crippen molar-refractivity contribution in [1.29, 1.82) is 0 Å². The van der Waals surface area contributed by atoms with Crippen LogP contribution in [0.4, 0.5) is 10.5 Å². The summed E-state index contributed by atoms with van der Waals surface area (Å²) in [5, 5.41) is 3.38.